The SMILES string of the molecule is CN1CCC(c2cn3cccc(OC(N)=O)c3n2)CC1. The van der Waals surface area contributed by atoms with E-state index in [1.54, 1.807) is 6.07 Å². The number of pyridine rings is 1. The Hall–Kier alpha value is -2.08. The molecule has 0 saturated carbocycles. The number of likely N-dealkylation sites (tertiary alicyclic amines) is 1. The highest BCUT2D eigenvalue weighted by Gasteiger charge is 2.21. The third kappa shape index (κ3) is 2.46. The van der Waals surface area contributed by atoms with E-state index in [1.807, 2.05) is 22.9 Å². The summed E-state index contributed by atoms with van der Waals surface area (Å²) in [5, 5.41) is 0. The van der Waals surface area contributed by atoms with Crippen LogP contribution in [0.15, 0.2) is 24.5 Å². The molecule has 1 fully saturated rings. The maximum atomic E-state index is 10.9. The van der Waals surface area contributed by atoms with E-state index >= 15 is 0 Å². The van der Waals surface area contributed by atoms with Gasteiger partial charge in [0.15, 0.2) is 11.4 Å². The summed E-state index contributed by atoms with van der Waals surface area (Å²) in [7, 11) is 2.14. The van der Waals surface area contributed by atoms with Gasteiger partial charge >= 0.3 is 6.09 Å². The molecule has 3 rings (SSSR count). The molecule has 2 aromatic heterocycles. The number of ether oxygens (including phenoxy) is 1. The highest BCUT2D eigenvalue weighted by molar-refractivity contribution is 5.71. The van der Waals surface area contributed by atoms with Crippen LogP contribution < -0.4 is 10.5 Å². The van der Waals surface area contributed by atoms with Crippen molar-refractivity contribution >= 4 is 11.7 Å². The van der Waals surface area contributed by atoms with Gasteiger partial charge in [-0.1, -0.05) is 0 Å². The van der Waals surface area contributed by atoms with Crippen molar-refractivity contribution in [2.75, 3.05) is 20.1 Å². The number of aromatic nitrogens is 2. The summed E-state index contributed by atoms with van der Waals surface area (Å²) in [4.78, 5) is 17.9. The second kappa shape index (κ2) is 5.13. The maximum Gasteiger partial charge on any atom is 0.410 e. The van der Waals surface area contributed by atoms with E-state index in [4.69, 9.17) is 10.5 Å². The Morgan fingerprint density at radius 3 is 2.90 bits per heavy atom. The van der Waals surface area contributed by atoms with Crippen molar-refractivity contribution < 1.29 is 9.53 Å². The third-order valence-corrected chi connectivity index (χ3v) is 3.81. The summed E-state index contributed by atoms with van der Waals surface area (Å²) in [6.45, 7) is 2.17. The average Bonchev–Trinajstić information content (AvgIpc) is 2.84. The molecular formula is C14H18N4O2. The first-order chi connectivity index (χ1) is 9.63. The Morgan fingerprint density at radius 2 is 2.20 bits per heavy atom. The molecule has 1 saturated heterocycles. The fourth-order valence-electron chi connectivity index (χ4n) is 2.70. The van der Waals surface area contributed by atoms with Crippen LogP contribution in [0.4, 0.5) is 4.79 Å². The maximum absolute atomic E-state index is 10.9. The molecule has 3 heterocycles. The zero-order valence-corrected chi connectivity index (χ0v) is 11.5. The number of nitrogens with two attached hydrogens (primary N) is 1. The van der Waals surface area contributed by atoms with Gasteiger partial charge in [0.1, 0.15) is 0 Å². The smallest absolute Gasteiger partial charge is 0.406 e. The van der Waals surface area contributed by atoms with Crippen LogP contribution in [0.2, 0.25) is 0 Å². The van der Waals surface area contributed by atoms with Crippen LogP contribution in [0.25, 0.3) is 5.65 Å². The van der Waals surface area contributed by atoms with E-state index in [0.29, 0.717) is 17.3 Å². The Bertz CT molecular complexity index is 629. The minimum atomic E-state index is -0.818. The van der Waals surface area contributed by atoms with Crippen molar-refractivity contribution in [2.45, 2.75) is 18.8 Å². The normalized spacial score (nSPS) is 17.4. The van der Waals surface area contributed by atoms with Crippen LogP contribution in [0.3, 0.4) is 0 Å². The number of carbonyl (C=O) groups excluding carboxylic acids is 1. The van der Waals surface area contributed by atoms with Crippen molar-refractivity contribution in [3.05, 3.63) is 30.2 Å². The highest BCUT2D eigenvalue weighted by Crippen LogP contribution is 2.29. The fraction of sp³-hybridized carbons (Fsp3) is 0.429. The number of nitrogens with zero attached hydrogens (tertiary/aromatic N) is 3. The number of amides is 1. The molecule has 1 aliphatic rings. The molecule has 0 aromatic carbocycles. The van der Waals surface area contributed by atoms with Gasteiger partial charge in [-0.25, -0.2) is 9.78 Å². The van der Waals surface area contributed by atoms with E-state index < -0.39 is 6.09 Å². The van der Waals surface area contributed by atoms with Gasteiger partial charge in [-0.05, 0) is 45.1 Å². The van der Waals surface area contributed by atoms with Gasteiger partial charge < -0.3 is 19.8 Å². The molecule has 0 unspecified atom stereocenters. The van der Waals surface area contributed by atoms with Gasteiger partial charge in [0, 0.05) is 18.3 Å². The monoisotopic (exact) mass is 274 g/mol. The number of hydrogen-bond acceptors (Lipinski definition) is 4. The predicted molar refractivity (Wildman–Crippen MR) is 74.9 cm³/mol. The van der Waals surface area contributed by atoms with Crippen LogP contribution in [-0.4, -0.2) is 40.5 Å². The lowest BCUT2D eigenvalue weighted by Crippen LogP contribution is -2.29. The van der Waals surface area contributed by atoms with E-state index in [2.05, 4.69) is 16.9 Å². The largest absolute Gasteiger partial charge is 0.410 e. The Morgan fingerprint density at radius 1 is 1.45 bits per heavy atom. The molecule has 1 aliphatic heterocycles. The Labute approximate surface area is 117 Å². The Balaban J connectivity index is 1.92. The van der Waals surface area contributed by atoms with Gasteiger partial charge in [-0.2, -0.15) is 0 Å². The molecule has 2 aromatic rings. The van der Waals surface area contributed by atoms with E-state index in [-0.39, 0.29) is 0 Å². The molecule has 20 heavy (non-hydrogen) atoms. The van der Waals surface area contributed by atoms with Crippen LogP contribution >= 0.6 is 0 Å². The topological polar surface area (TPSA) is 72.9 Å². The number of rotatable bonds is 2. The third-order valence-electron chi connectivity index (χ3n) is 3.81. The number of carbonyl (C=O) groups is 1. The number of imidazole rings is 1. The zero-order chi connectivity index (χ0) is 14.1. The lowest BCUT2D eigenvalue weighted by Gasteiger charge is -2.27. The molecular weight excluding hydrogens is 256 g/mol. The van der Waals surface area contributed by atoms with Crippen LogP contribution in [0, 0.1) is 0 Å². The number of hydrogen-bond donors (Lipinski definition) is 1. The van der Waals surface area contributed by atoms with Gasteiger partial charge in [-0.3, -0.25) is 0 Å². The molecule has 0 bridgehead atoms. The van der Waals surface area contributed by atoms with Gasteiger partial charge in [-0.15, -0.1) is 0 Å². The molecule has 6 heteroatoms. The second-order valence-corrected chi connectivity index (χ2v) is 5.27. The lowest BCUT2D eigenvalue weighted by atomic mass is 9.94. The number of primary amides is 1. The quantitative estimate of drug-likeness (QED) is 0.902. The van der Waals surface area contributed by atoms with Crippen molar-refractivity contribution in [3.8, 4) is 5.75 Å². The van der Waals surface area contributed by atoms with Gasteiger partial charge in [0.05, 0.1) is 5.69 Å². The van der Waals surface area contributed by atoms with Crippen molar-refractivity contribution in [2.24, 2.45) is 5.73 Å². The molecule has 0 radical (unpaired) electrons. The highest BCUT2D eigenvalue weighted by atomic mass is 16.5. The minimum absolute atomic E-state index is 0.402. The molecule has 0 atom stereocenters. The minimum Gasteiger partial charge on any atom is -0.406 e. The van der Waals surface area contributed by atoms with Crippen LogP contribution in [0.5, 0.6) is 5.75 Å². The summed E-state index contributed by atoms with van der Waals surface area (Å²) >= 11 is 0. The first-order valence-corrected chi connectivity index (χ1v) is 6.77. The van der Waals surface area contributed by atoms with Crippen LogP contribution in [-0.2, 0) is 0 Å². The van der Waals surface area contributed by atoms with Crippen LogP contribution in [0.1, 0.15) is 24.5 Å². The molecule has 0 aliphatic carbocycles. The summed E-state index contributed by atoms with van der Waals surface area (Å²) in [6.07, 6.45) is 5.30. The zero-order valence-electron chi connectivity index (χ0n) is 11.5. The molecule has 0 spiro atoms. The van der Waals surface area contributed by atoms with Crippen molar-refractivity contribution in [1.29, 1.82) is 0 Å². The van der Waals surface area contributed by atoms with Crippen molar-refractivity contribution in [3.63, 3.8) is 0 Å². The number of fused-ring (bicyclic) bond motifs is 1. The summed E-state index contributed by atoms with van der Waals surface area (Å²) in [6, 6.07) is 3.51. The molecule has 106 valence electrons. The number of piperidine rings is 1. The second-order valence-electron chi connectivity index (χ2n) is 5.27. The van der Waals surface area contributed by atoms with Gasteiger partial charge in [0.2, 0.25) is 0 Å². The summed E-state index contributed by atoms with van der Waals surface area (Å²) in [5.41, 5.74) is 6.77. The fourth-order valence-corrected chi connectivity index (χ4v) is 2.70. The standard InChI is InChI=1S/C14H18N4O2/c1-17-7-4-10(5-8-17)11-9-18-6-2-3-12(13(18)16-11)20-14(15)19/h2-3,6,9-10H,4-5,7-8H2,1H3,(H2,15,19). The van der Waals surface area contributed by atoms with E-state index in [0.717, 1.165) is 31.6 Å². The van der Waals surface area contributed by atoms with Crippen molar-refractivity contribution in [1.82, 2.24) is 14.3 Å². The molecule has 1 amide bonds. The average molecular weight is 274 g/mol. The summed E-state index contributed by atoms with van der Waals surface area (Å²) < 4.78 is 6.87. The Kier molecular flexibility index (Phi) is 3.31. The summed E-state index contributed by atoms with van der Waals surface area (Å²) in [5.74, 6) is 0.867. The van der Waals surface area contributed by atoms with E-state index in [9.17, 15) is 4.79 Å². The van der Waals surface area contributed by atoms with Gasteiger partial charge in [0.25, 0.3) is 0 Å². The molecule has 2 N–H and O–H groups in total. The first-order valence-electron chi connectivity index (χ1n) is 6.77. The van der Waals surface area contributed by atoms with E-state index in [1.165, 1.54) is 0 Å². The lowest BCUT2D eigenvalue weighted by molar-refractivity contribution is 0.211. The molecule has 6 nitrogen and oxygen atoms in total. The first kappa shape index (κ1) is 12.9. The predicted octanol–water partition coefficient (Wildman–Crippen LogP) is 1.60.